The number of hydroxylamine groups is 2. The zero-order valence-electron chi connectivity index (χ0n) is 20.2. The van der Waals surface area contributed by atoms with E-state index in [1.807, 2.05) is 13.8 Å². The van der Waals surface area contributed by atoms with Crippen molar-refractivity contribution in [1.82, 2.24) is 15.3 Å². The molecule has 2 heterocycles. The lowest BCUT2D eigenvalue weighted by Gasteiger charge is -2.36. The van der Waals surface area contributed by atoms with E-state index in [0.717, 1.165) is 12.8 Å². The molecule has 0 atom stereocenters. The van der Waals surface area contributed by atoms with Gasteiger partial charge in [0.2, 0.25) is 5.91 Å². The van der Waals surface area contributed by atoms with E-state index in [2.05, 4.69) is 5.32 Å². The quantitative estimate of drug-likeness (QED) is 0.528. The molecule has 0 spiro atoms. The molecule has 3 aliphatic rings. The Morgan fingerprint density at radius 1 is 0.941 bits per heavy atom. The first-order chi connectivity index (χ1) is 15.8. The summed E-state index contributed by atoms with van der Waals surface area (Å²) in [6.45, 7) is 7.30. The molecule has 1 aliphatic carbocycles. The van der Waals surface area contributed by atoms with E-state index in [-0.39, 0.29) is 48.8 Å². The van der Waals surface area contributed by atoms with Crippen molar-refractivity contribution in [3.05, 3.63) is 12.2 Å². The standard InChI is InChI=1S/C24H33N3O7/c1-23(2,22(33)34-27-19(30)11-12-20(27)31)14-24(3,4)25-21(32)16-7-5-15(6-8-16)13-26-17(28)9-10-18(26)29/h9-10,15-16H,5-8,11-14H2,1-4H3,(H,25,32). The molecule has 2 fully saturated rings. The SMILES string of the molecule is CC(C)(CC(C)(C)C(=O)ON1C(=O)CCC1=O)NC(=O)C1CCC(CN2C(=O)C=CC2=O)CC1. The van der Waals surface area contributed by atoms with Gasteiger partial charge in [-0.15, -0.1) is 5.06 Å². The Labute approximate surface area is 199 Å². The molecule has 0 unspecified atom stereocenters. The lowest BCUT2D eigenvalue weighted by Crippen LogP contribution is -2.51. The molecule has 10 heteroatoms. The summed E-state index contributed by atoms with van der Waals surface area (Å²) in [6, 6.07) is 0. The van der Waals surface area contributed by atoms with E-state index in [1.165, 1.54) is 17.1 Å². The number of imide groups is 2. The molecule has 5 amide bonds. The van der Waals surface area contributed by atoms with Crippen LogP contribution in [0.3, 0.4) is 0 Å². The number of rotatable bonds is 8. The summed E-state index contributed by atoms with van der Waals surface area (Å²) in [5.74, 6) is -2.47. The minimum atomic E-state index is -1.06. The Morgan fingerprint density at radius 3 is 2.00 bits per heavy atom. The van der Waals surface area contributed by atoms with Crippen molar-refractivity contribution in [3.8, 4) is 0 Å². The van der Waals surface area contributed by atoms with Crippen LogP contribution < -0.4 is 5.32 Å². The maximum absolute atomic E-state index is 12.9. The van der Waals surface area contributed by atoms with Crippen LogP contribution in [-0.4, -0.2) is 57.6 Å². The van der Waals surface area contributed by atoms with Gasteiger partial charge in [0.15, 0.2) is 0 Å². The first kappa shape index (κ1) is 25.6. The van der Waals surface area contributed by atoms with Gasteiger partial charge in [-0.2, -0.15) is 0 Å². The van der Waals surface area contributed by atoms with Crippen molar-refractivity contribution in [2.75, 3.05) is 6.54 Å². The van der Waals surface area contributed by atoms with Gasteiger partial charge in [0.1, 0.15) is 0 Å². The number of carbonyl (C=O) groups excluding carboxylic acids is 6. The maximum atomic E-state index is 12.9. The predicted molar refractivity (Wildman–Crippen MR) is 119 cm³/mol. The second-order valence-electron chi connectivity index (χ2n) is 10.7. The molecule has 0 aromatic heterocycles. The van der Waals surface area contributed by atoms with Crippen LogP contribution in [0.5, 0.6) is 0 Å². The van der Waals surface area contributed by atoms with Crippen LogP contribution in [-0.2, 0) is 33.6 Å². The number of nitrogens with one attached hydrogen (secondary N) is 1. The third kappa shape index (κ3) is 5.90. The van der Waals surface area contributed by atoms with Crippen molar-refractivity contribution in [2.24, 2.45) is 17.3 Å². The Morgan fingerprint density at radius 2 is 1.47 bits per heavy atom. The minimum Gasteiger partial charge on any atom is -0.351 e. The highest BCUT2D eigenvalue weighted by molar-refractivity contribution is 6.12. The smallest absolute Gasteiger partial charge is 0.338 e. The highest BCUT2D eigenvalue weighted by atomic mass is 16.7. The minimum absolute atomic E-state index is 0.0257. The maximum Gasteiger partial charge on any atom is 0.338 e. The van der Waals surface area contributed by atoms with E-state index >= 15 is 0 Å². The fraction of sp³-hybridized carbons (Fsp3) is 0.667. The first-order valence-corrected chi connectivity index (χ1v) is 11.7. The molecule has 2 aliphatic heterocycles. The molecule has 0 aromatic carbocycles. The van der Waals surface area contributed by atoms with Crippen molar-refractivity contribution < 1.29 is 33.6 Å². The highest BCUT2D eigenvalue weighted by Gasteiger charge is 2.42. The largest absolute Gasteiger partial charge is 0.351 e. The average Bonchev–Trinajstić information content (AvgIpc) is 3.23. The summed E-state index contributed by atoms with van der Waals surface area (Å²) >= 11 is 0. The predicted octanol–water partition coefficient (Wildman–Crippen LogP) is 1.64. The molecular weight excluding hydrogens is 442 g/mol. The number of hydrogen-bond donors (Lipinski definition) is 1. The van der Waals surface area contributed by atoms with Crippen LogP contribution in [0.2, 0.25) is 0 Å². The number of nitrogens with zero attached hydrogens (tertiary/aromatic N) is 2. The lowest BCUT2D eigenvalue weighted by molar-refractivity contribution is -0.204. The van der Waals surface area contributed by atoms with Crippen LogP contribution in [0.15, 0.2) is 12.2 Å². The monoisotopic (exact) mass is 475 g/mol. The van der Waals surface area contributed by atoms with Gasteiger partial charge in [-0.3, -0.25) is 28.9 Å². The molecule has 3 rings (SSSR count). The fourth-order valence-corrected chi connectivity index (χ4v) is 5.00. The highest BCUT2D eigenvalue weighted by Crippen LogP contribution is 2.33. The van der Waals surface area contributed by atoms with E-state index < -0.39 is 28.7 Å². The van der Waals surface area contributed by atoms with E-state index in [1.54, 1.807) is 13.8 Å². The zero-order valence-corrected chi connectivity index (χ0v) is 20.2. The van der Waals surface area contributed by atoms with Crippen molar-refractivity contribution in [1.29, 1.82) is 0 Å². The first-order valence-electron chi connectivity index (χ1n) is 11.7. The molecule has 0 bridgehead atoms. The topological polar surface area (TPSA) is 130 Å². The molecule has 1 saturated heterocycles. The summed E-state index contributed by atoms with van der Waals surface area (Å²) in [4.78, 5) is 78.9. The van der Waals surface area contributed by atoms with Crippen molar-refractivity contribution in [2.45, 2.75) is 78.2 Å². The molecular formula is C24H33N3O7. The second kappa shape index (κ2) is 9.68. The molecule has 1 saturated carbocycles. The molecule has 34 heavy (non-hydrogen) atoms. The fourth-order valence-electron chi connectivity index (χ4n) is 5.00. The molecule has 0 aromatic rings. The van der Waals surface area contributed by atoms with Crippen molar-refractivity contribution >= 4 is 35.5 Å². The van der Waals surface area contributed by atoms with Gasteiger partial charge in [0, 0.05) is 43.0 Å². The molecule has 1 N–H and O–H groups in total. The van der Waals surface area contributed by atoms with Crippen LogP contribution in [0.25, 0.3) is 0 Å². The number of amides is 5. The summed E-state index contributed by atoms with van der Waals surface area (Å²) in [5.41, 5.74) is -1.80. The van der Waals surface area contributed by atoms with Gasteiger partial charge < -0.3 is 10.2 Å². The van der Waals surface area contributed by atoms with Crippen LogP contribution in [0.4, 0.5) is 0 Å². The van der Waals surface area contributed by atoms with E-state index in [0.29, 0.717) is 24.4 Å². The van der Waals surface area contributed by atoms with Crippen LogP contribution >= 0.6 is 0 Å². The summed E-state index contributed by atoms with van der Waals surface area (Å²) in [5, 5.41) is 3.56. The molecule has 10 nitrogen and oxygen atoms in total. The van der Waals surface area contributed by atoms with Gasteiger partial charge in [-0.1, -0.05) is 0 Å². The number of carbonyl (C=O) groups is 6. The average molecular weight is 476 g/mol. The number of hydrogen-bond acceptors (Lipinski definition) is 7. The Bertz CT molecular complexity index is 895. The van der Waals surface area contributed by atoms with Gasteiger partial charge in [-0.25, -0.2) is 4.79 Å². The lowest BCUT2D eigenvalue weighted by atomic mass is 9.78. The Kier molecular flexibility index (Phi) is 7.28. The second-order valence-corrected chi connectivity index (χ2v) is 10.7. The normalized spacial score (nSPS) is 23.6. The van der Waals surface area contributed by atoms with Gasteiger partial charge in [-0.05, 0) is 65.7 Å². The van der Waals surface area contributed by atoms with Gasteiger partial charge in [0.25, 0.3) is 23.6 Å². The Hall–Kier alpha value is -3.04. The third-order valence-electron chi connectivity index (χ3n) is 6.64. The van der Waals surface area contributed by atoms with Crippen LogP contribution in [0.1, 0.15) is 72.6 Å². The van der Waals surface area contributed by atoms with Crippen molar-refractivity contribution in [3.63, 3.8) is 0 Å². The van der Waals surface area contributed by atoms with E-state index in [9.17, 15) is 28.8 Å². The zero-order chi connectivity index (χ0) is 25.3. The Balaban J connectivity index is 1.48. The van der Waals surface area contributed by atoms with Gasteiger partial charge >= 0.3 is 5.97 Å². The summed E-state index contributed by atoms with van der Waals surface area (Å²) in [7, 11) is 0. The third-order valence-corrected chi connectivity index (χ3v) is 6.64. The van der Waals surface area contributed by atoms with Crippen LogP contribution in [0, 0.1) is 17.3 Å². The van der Waals surface area contributed by atoms with Gasteiger partial charge in [0.05, 0.1) is 5.41 Å². The summed E-state index contributed by atoms with van der Waals surface area (Å²) < 4.78 is 0. The van der Waals surface area contributed by atoms with E-state index in [4.69, 9.17) is 4.84 Å². The molecule has 186 valence electrons. The molecule has 0 radical (unpaired) electrons. The summed E-state index contributed by atoms with van der Waals surface area (Å²) in [6.07, 6.45) is 5.64.